The number of carbonyl (C=O) groups excluding carboxylic acids is 2. The first kappa shape index (κ1) is 15.3. The third-order valence-corrected chi connectivity index (χ3v) is 3.62. The molecule has 0 bridgehead atoms. The van der Waals surface area contributed by atoms with Gasteiger partial charge in [-0.1, -0.05) is 6.07 Å². The van der Waals surface area contributed by atoms with Crippen LogP contribution in [0.4, 0.5) is 0 Å². The fourth-order valence-corrected chi connectivity index (χ4v) is 2.33. The van der Waals surface area contributed by atoms with Gasteiger partial charge in [-0.2, -0.15) is 0 Å². The number of likely N-dealkylation sites (N-methyl/N-ethyl adjacent to an activating group) is 1. The summed E-state index contributed by atoms with van der Waals surface area (Å²) in [6.45, 7) is 3.07. The molecule has 0 atom stereocenters. The van der Waals surface area contributed by atoms with Crippen LogP contribution < -0.4 is 10.1 Å². The third-order valence-electron chi connectivity index (χ3n) is 3.62. The van der Waals surface area contributed by atoms with Gasteiger partial charge >= 0.3 is 0 Å². The molecule has 114 valence electrons. The number of nitrogens with zero attached hydrogens (tertiary/aromatic N) is 2. The molecule has 1 aliphatic rings. The quantitative estimate of drug-likeness (QED) is 0.861. The average molecular weight is 291 g/mol. The number of piperazine rings is 1. The number of hydrogen-bond donors (Lipinski definition) is 1. The van der Waals surface area contributed by atoms with Gasteiger partial charge in [0.2, 0.25) is 5.91 Å². The molecule has 0 aliphatic carbocycles. The molecule has 1 aliphatic heterocycles. The van der Waals surface area contributed by atoms with Crippen LogP contribution >= 0.6 is 0 Å². The lowest BCUT2D eigenvalue weighted by Crippen LogP contribution is -2.50. The molecule has 0 aromatic heterocycles. The molecule has 1 aromatic rings. The van der Waals surface area contributed by atoms with Crippen LogP contribution in [0.2, 0.25) is 0 Å². The maximum atomic E-state index is 12.4. The number of carbonyl (C=O) groups is 2. The standard InChI is InChI=1S/C15H21N3O3/c1-16-14(19)11-17-6-8-18(9-7-17)15(20)12-4-3-5-13(10-12)21-2/h3-5,10H,6-9,11H2,1-2H3,(H,16,19). The third kappa shape index (κ3) is 3.95. The minimum Gasteiger partial charge on any atom is -0.497 e. The fourth-order valence-electron chi connectivity index (χ4n) is 2.33. The highest BCUT2D eigenvalue weighted by atomic mass is 16.5. The van der Waals surface area contributed by atoms with Gasteiger partial charge in [0.05, 0.1) is 13.7 Å². The van der Waals surface area contributed by atoms with Crippen LogP contribution in [0.1, 0.15) is 10.4 Å². The number of ether oxygens (including phenoxy) is 1. The van der Waals surface area contributed by atoms with Gasteiger partial charge in [-0.25, -0.2) is 0 Å². The highest BCUT2D eigenvalue weighted by Crippen LogP contribution is 2.15. The molecule has 1 aromatic carbocycles. The Hall–Kier alpha value is -2.08. The Morgan fingerprint density at radius 2 is 1.95 bits per heavy atom. The first-order valence-corrected chi connectivity index (χ1v) is 7.00. The van der Waals surface area contributed by atoms with Crippen molar-refractivity contribution in [1.82, 2.24) is 15.1 Å². The van der Waals surface area contributed by atoms with Crippen molar-refractivity contribution in [3.8, 4) is 5.75 Å². The van der Waals surface area contributed by atoms with E-state index >= 15 is 0 Å². The van der Waals surface area contributed by atoms with E-state index in [1.54, 1.807) is 26.3 Å². The summed E-state index contributed by atoms with van der Waals surface area (Å²) in [4.78, 5) is 27.6. The number of hydrogen-bond acceptors (Lipinski definition) is 4. The van der Waals surface area contributed by atoms with Gasteiger partial charge < -0.3 is 15.0 Å². The predicted octanol–water partition coefficient (Wildman–Crippen LogP) is 0.199. The zero-order valence-corrected chi connectivity index (χ0v) is 12.5. The topological polar surface area (TPSA) is 61.9 Å². The summed E-state index contributed by atoms with van der Waals surface area (Å²) >= 11 is 0. The summed E-state index contributed by atoms with van der Waals surface area (Å²) in [5.74, 6) is 0.690. The molecule has 0 saturated carbocycles. The van der Waals surface area contributed by atoms with Crippen LogP contribution in [0.3, 0.4) is 0 Å². The Bertz CT molecular complexity index is 511. The van der Waals surface area contributed by atoms with E-state index < -0.39 is 0 Å². The number of methoxy groups -OCH3 is 1. The van der Waals surface area contributed by atoms with Crippen molar-refractivity contribution in [3.05, 3.63) is 29.8 Å². The Morgan fingerprint density at radius 3 is 2.57 bits per heavy atom. The van der Waals surface area contributed by atoms with E-state index in [2.05, 4.69) is 5.32 Å². The van der Waals surface area contributed by atoms with Crippen LogP contribution in [0, 0.1) is 0 Å². The van der Waals surface area contributed by atoms with Crippen molar-refractivity contribution in [3.63, 3.8) is 0 Å². The monoisotopic (exact) mass is 291 g/mol. The molecule has 1 heterocycles. The SMILES string of the molecule is CNC(=O)CN1CCN(C(=O)c2cccc(OC)c2)CC1. The zero-order valence-electron chi connectivity index (χ0n) is 12.5. The molecule has 0 unspecified atom stereocenters. The average Bonchev–Trinajstić information content (AvgIpc) is 2.54. The Balaban J connectivity index is 1.92. The van der Waals surface area contributed by atoms with Crippen LogP contribution in [0.5, 0.6) is 5.75 Å². The molecule has 2 amide bonds. The minimum atomic E-state index is 0.00238. The molecule has 0 radical (unpaired) electrons. The molecule has 2 rings (SSSR count). The molecular formula is C15H21N3O3. The maximum absolute atomic E-state index is 12.4. The Kier molecular flexibility index (Phi) is 5.16. The largest absolute Gasteiger partial charge is 0.497 e. The molecule has 0 spiro atoms. The summed E-state index contributed by atoms with van der Waals surface area (Å²) in [6, 6.07) is 7.17. The van der Waals surface area contributed by atoms with Gasteiger partial charge in [0.25, 0.3) is 5.91 Å². The zero-order chi connectivity index (χ0) is 15.2. The molecule has 1 fully saturated rings. The molecule has 21 heavy (non-hydrogen) atoms. The van der Waals surface area contributed by atoms with Crippen LogP contribution in [-0.2, 0) is 4.79 Å². The number of nitrogens with one attached hydrogen (secondary N) is 1. The molecule has 1 saturated heterocycles. The summed E-state index contributed by atoms with van der Waals surface area (Å²) in [5, 5.41) is 2.61. The van der Waals surface area contributed by atoms with E-state index in [1.165, 1.54) is 0 Å². The van der Waals surface area contributed by atoms with E-state index in [4.69, 9.17) is 4.74 Å². The van der Waals surface area contributed by atoms with E-state index in [-0.39, 0.29) is 11.8 Å². The van der Waals surface area contributed by atoms with Crippen LogP contribution in [0.25, 0.3) is 0 Å². The van der Waals surface area contributed by atoms with Crippen molar-refractivity contribution in [2.45, 2.75) is 0 Å². The summed E-state index contributed by atoms with van der Waals surface area (Å²) in [7, 11) is 3.21. The second-order valence-electron chi connectivity index (χ2n) is 4.97. The van der Waals surface area contributed by atoms with Gasteiger partial charge in [0, 0.05) is 38.8 Å². The van der Waals surface area contributed by atoms with Gasteiger partial charge in [0.15, 0.2) is 0 Å². The van der Waals surface area contributed by atoms with Crippen molar-refractivity contribution in [2.75, 3.05) is 46.9 Å². The van der Waals surface area contributed by atoms with Gasteiger partial charge in [-0.05, 0) is 18.2 Å². The van der Waals surface area contributed by atoms with Crippen molar-refractivity contribution < 1.29 is 14.3 Å². The van der Waals surface area contributed by atoms with Crippen LogP contribution in [-0.4, -0.2) is 68.5 Å². The summed E-state index contributed by atoms with van der Waals surface area (Å²) < 4.78 is 5.14. The molecule has 6 nitrogen and oxygen atoms in total. The molecular weight excluding hydrogens is 270 g/mol. The lowest BCUT2D eigenvalue weighted by atomic mass is 10.1. The minimum absolute atomic E-state index is 0.00238. The first-order chi connectivity index (χ1) is 10.1. The smallest absolute Gasteiger partial charge is 0.254 e. The second-order valence-corrected chi connectivity index (χ2v) is 4.97. The number of rotatable bonds is 4. The number of benzene rings is 1. The first-order valence-electron chi connectivity index (χ1n) is 7.00. The second kappa shape index (κ2) is 7.08. The lowest BCUT2D eigenvalue weighted by molar-refractivity contribution is -0.122. The van der Waals surface area contributed by atoms with E-state index in [1.807, 2.05) is 21.9 Å². The van der Waals surface area contributed by atoms with E-state index in [0.29, 0.717) is 44.0 Å². The summed E-state index contributed by atoms with van der Waals surface area (Å²) in [6.07, 6.45) is 0. The number of amides is 2. The highest BCUT2D eigenvalue weighted by molar-refractivity contribution is 5.94. The van der Waals surface area contributed by atoms with Crippen molar-refractivity contribution >= 4 is 11.8 Å². The van der Waals surface area contributed by atoms with Gasteiger partial charge in [0.1, 0.15) is 5.75 Å². The lowest BCUT2D eigenvalue weighted by Gasteiger charge is -2.34. The van der Waals surface area contributed by atoms with E-state index in [9.17, 15) is 9.59 Å². The normalized spacial score (nSPS) is 15.6. The van der Waals surface area contributed by atoms with Crippen molar-refractivity contribution in [2.24, 2.45) is 0 Å². The Morgan fingerprint density at radius 1 is 1.24 bits per heavy atom. The van der Waals surface area contributed by atoms with Crippen LogP contribution in [0.15, 0.2) is 24.3 Å². The van der Waals surface area contributed by atoms with E-state index in [0.717, 1.165) is 0 Å². The summed E-state index contributed by atoms with van der Waals surface area (Å²) in [5.41, 5.74) is 0.633. The van der Waals surface area contributed by atoms with Gasteiger partial charge in [-0.3, -0.25) is 14.5 Å². The highest BCUT2D eigenvalue weighted by Gasteiger charge is 2.23. The fraction of sp³-hybridized carbons (Fsp3) is 0.467. The Labute approximate surface area is 124 Å². The maximum Gasteiger partial charge on any atom is 0.254 e. The molecule has 1 N–H and O–H groups in total. The molecule has 6 heteroatoms. The van der Waals surface area contributed by atoms with Gasteiger partial charge in [-0.15, -0.1) is 0 Å². The predicted molar refractivity (Wildman–Crippen MR) is 79.4 cm³/mol. The van der Waals surface area contributed by atoms with Crippen molar-refractivity contribution in [1.29, 1.82) is 0 Å².